The summed E-state index contributed by atoms with van der Waals surface area (Å²) in [5.41, 5.74) is 40.8. The van der Waals surface area contributed by atoms with Gasteiger partial charge in [0.2, 0.25) is 0 Å². The summed E-state index contributed by atoms with van der Waals surface area (Å²) in [5, 5.41) is 3.36. The van der Waals surface area contributed by atoms with Crippen LogP contribution in [0.25, 0.3) is 84.0 Å². The number of aryl methyl sites for hydroxylation is 6. The first-order chi connectivity index (χ1) is 57.9. The van der Waals surface area contributed by atoms with Crippen molar-refractivity contribution in [3.63, 3.8) is 0 Å². The van der Waals surface area contributed by atoms with Gasteiger partial charge < -0.3 is 15.1 Å². The fraction of sp³-hybridized carbons (Fsp3) is 0.136. The second-order valence-corrected chi connectivity index (χ2v) is 36.2. The predicted molar refractivity (Wildman–Crippen MR) is 516 cm³/mol. The Morgan fingerprint density at radius 2 is 0.592 bits per heavy atom. The Bertz CT molecular complexity index is 6440. The number of hydrogen-bond acceptors (Lipinski definition) is 6. The number of rotatable bonds is 12. The number of benzene rings is 14. The third kappa shape index (κ3) is 16.0. The molecule has 590 valence electrons. The van der Waals surface area contributed by atoms with E-state index < -0.39 is 0 Å². The number of imidazole rings is 1. The Kier molecular flexibility index (Phi) is 22.1. The third-order valence-electron chi connectivity index (χ3n) is 23.9. The van der Waals surface area contributed by atoms with Crippen molar-refractivity contribution in [2.75, 3.05) is 15.1 Å². The van der Waals surface area contributed by atoms with Gasteiger partial charge >= 0.3 is 0 Å². The van der Waals surface area contributed by atoms with Gasteiger partial charge in [-0.15, -0.1) is 0 Å². The second-order valence-electron chi connectivity index (χ2n) is 33.5. The van der Waals surface area contributed by atoms with Crippen molar-refractivity contribution in [1.82, 2.24) is 19.5 Å². The van der Waals surface area contributed by atoms with Crippen molar-refractivity contribution in [2.45, 2.75) is 99.3 Å². The first-order valence-corrected chi connectivity index (χ1v) is 43.4. The lowest BCUT2D eigenvalue weighted by Crippen LogP contribution is -2.16. The third-order valence-corrected chi connectivity index (χ3v) is 25.4. The molecule has 1 N–H and O–H groups in total. The van der Waals surface area contributed by atoms with Gasteiger partial charge in [0.05, 0.1) is 16.7 Å². The van der Waals surface area contributed by atoms with Gasteiger partial charge in [0.15, 0.2) is 5.82 Å². The van der Waals surface area contributed by atoms with E-state index in [0.717, 1.165) is 92.5 Å². The molecule has 0 spiro atoms. The van der Waals surface area contributed by atoms with Gasteiger partial charge in [-0.2, -0.15) is 0 Å². The van der Waals surface area contributed by atoms with E-state index in [1.54, 1.807) is 0 Å². The standard InChI is InChI=1S/C52H41N5.C29H26BrN.C15H12Br2.C14H15N/c1-34-14-21-40(22-15-34)56(41-23-16-35(2)17-24-41)42-25-27-44-43-26-18-36(30-45(43)52(3,4)46(44)31-42)47-28-19-37(32-53-47)38-20-29-49(54-33-38)51-55-48-12-8-9-13-50(48)57(51)39-10-6-5-7-11-39;1-19-5-10-22(11-6-19)31(23-12-7-20(2)8-13-23)24-14-16-26-25-15-9-21(30)17-27(25)29(3,4)28(26)18-24;1-15(2)13-7-9(16)3-5-11(13)12-6-4-10(17)8-14(12)15;1-11-3-7-13(8-4-11)15-14-9-5-12(2)6-10-14/h5-33H,1-4H3;5-18H,1-4H3;3-8H,1-2H3;3-10,15H,1-2H3. The smallest absolute Gasteiger partial charge is 0.164 e. The molecule has 0 bridgehead atoms. The average Bonchev–Trinajstić information content (AvgIpc) is 1.58. The van der Waals surface area contributed by atoms with E-state index in [1.807, 2.05) is 48.8 Å². The molecule has 0 aliphatic heterocycles. The maximum absolute atomic E-state index is 4.98. The number of anilines is 8. The highest BCUT2D eigenvalue weighted by molar-refractivity contribution is 9.11. The zero-order valence-corrected chi connectivity index (χ0v) is 74.5. The summed E-state index contributed by atoms with van der Waals surface area (Å²) < 4.78 is 5.61. The molecule has 0 amide bonds. The highest BCUT2D eigenvalue weighted by Gasteiger charge is 2.39. The molecule has 10 heteroatoms. The van der Waals surface area contributed by atoms with Gasteiger partial charge in [-0.05, 0) is 284 Å². The summed E-state index contributed by atoms with van der Waals surface area (Å²) in [6.45, 7) is 26.6. The fourth-order valence-corrected chi connectivity index (χ4v) is 18.2. The molecular formula is C110H94Br3N7. The number of para-hydroxylation sites is 3. The van der Waals surface area contributed by atoms with Gasteiger partial charge in [-0.25, -0.2) is 4.98 Å². The quantitative estimate of drug-likeness (QED) is 0.132. The van der Waals surface area contributed by atoms with Crippen LogP contribution in [0.3, 0.4) is 0 Å². The molecule has 0 saturated heterocycles. The average molecular weight is 1750 g/mol. The number of nitrogens with one attached hydrogen (secondary N) is 1. The number of fused-ring (bicyclic) bond motifs is 10. The first kappa shape index (κ1) is 80.1. The van der Waals surface area contributed by atoms with Gasteiger partial charge in [-0.3, -0.25) is 14.5 Å². The SMILES string of the molecule is CC1(C)c2cc(Br)ccc2-c2ccc(Br)cc21.Cc1ccc(N(c2ccc(C)cc2)c2ccc3c(c2)C(C)(C)c2cc(-c4ccc(-c5ccc(-c6nc7ccccc7n6-c6ccccc6)nc5)cn4)ccc2-3)cc1.Cc1ccc(N(c2ccc(C)cc2)c2ccc3c(c2)C(C)(C)c2cc(Br)ccc2-3)cc1.Cc1ccc(Nc2ccc(C)cc2)cc1. The molecule has 0 atom stereocenters. The Morgan fingerprint density at radius 3 is 0.967 bits per heavy atom. The van der Waals surface area contributed by atoms with Crippen molar-refractivity contribution in [3.8, 4) is 73.0 Å². The Labute approximate surface area is 731 Å². The van der Waals surface area contributed by atoms with Crippen molar-refractivity contribution >= 4 is 104 Å². The maximum Gasteiger partial charge on any atom is 0.164 e. The van der Waals surface area contributed by atoms with Crippen molar-refractivity contribution in [1.29, 1.82) is 0 Å². The minimum atomic E-state index is -0.197. The highest BCUT2D eigenvalue weighted by Crippen LogP contribution is 2.55. The molecule has 3 heterocycles. The van der Waals surface area contributed by atoms with Gasteiger partial charge in [0.1, 0.15) is 5.69 Å². The lowest BCUT2D eigenvalue weighted by Gasteiger charge is -2.28. The van der Waals surface area contributed by atoms with Crippen LogP contribution in [0.1, 0.15) is 108 Å². The van der Waals surface area contributed by atoms with Crippen LogP contribution in [0, 0.1) is 41.5 Å². The van der Waals surface area contributed by atoms with Crippen LogP contribution < -0.4 is 15.1 Å². The molecular weight excluding hydrogens is 1660 g/mol. The lowest BCUT2D eigenvalue weighted by molar-refractivity contribution is 0.659. The van der Waals surface area contributed by atoms with E-state index in [2.05, 4.69) is 448 Å². The van der Waals surface area contributed by atoms with Crippen LogP contribution in [-0.2, 0) is 16.2 Å². The monoisotopic (exact) mass is 1750 g/mol. The summed E-state index contributed by atoms with van der Waals surface area (Å²) in [5.74, 6) is 0.815. The van der Waals surface area contributed by atoms with E-state index in [-0.39, 0.29) is 16.2 Å². The Morgan fingerprint density at radius 1 is 0.283 bits per heavy atom. The molecule has 14 aromatic carbocycles. The van der Waals surface area contributed by atoms with Crippen LogP contribution in [0.2, 0.25) is 0 Å². The summed E-state index contributed by atoms with van der Waals surface area (Å²) in [6, 6.07) is 119. The molecule has 3 aliphatic rings. The minimum Gasteiger partial charge on any atom is -0.356 e. The Balaban J connectivity index is 0.000000134. The summed E-state index contributed by atoms with van der Waals surface area (Å²) in [4.78, 5) is 19.6. The van der Waals surface area contributed by atoms with Gasteiger partial charge in [0.25, 0.3) is 0 Å². The van der Waals surface area contributed by atoms with Gasteiger partial charge in [-0.1, -0.05) is 280 Å². The molecule has 0 saturated carbocycles. The predicted octanol–water partition coefficient (Wildman–Crippen LogP) is 31.6. The normalized spacial score (nSPS) is 13.0. The minimum absolute atomic E-state index is 0.0450. The van der Waals surface area contributed by atoms with Crippen molar-refractivity contribution < 1.29 is 0 Å². The maximum atomic E-state index is 4.98. The molecule has 120 heavy (non-hydrogen) atoms. The Hall–Kier alpha value is -12.3. The van der Waals surface area contributed by atoms with E-state index in [4.69, 9.17) is 15.0 Å². The van der Waals surface area contributed by atoms with Crippen LogP contribution in [0.4, 0.5) is 45.5 Å². The number of nitrogens with zero attached hydrogens (tertiary/aromatic N) is 6. The number of hydrogen-bond donors (Lipinski definition) is 1. The molecule has 17 aromatic rings. The van der Waals surface area contributed by atoms with Crippen LogP contribution in [-0.4, -0.2) is 19.5 Å². The summed E-state index contributed by atoms with van der Waals surface area (Å²) in [7, 11) is 0. The molecule has 3 aliphatic carbocycles. The van der Waals surface area contributed by atoms with Crippen LogP contribution in [0.5, 0.6) is 0 Å². The summed E-state index contributed by atoms with van der Waals surface area (Å²) in [6.07, 6.45) is 3.87. The number of pyridine rings is 2. The van der Waals surface area contributed by atoms with E-state index in [0.29, 0.717) is 0 Å². The van der Waals surface area contributed by atoms with Crippen molar-refractivity contribution in [2.24, 2.45) is 0 Å². The topological polar surface area (TPSA) is 62.1 Å². The molecule has 3 aromatic heterocycles. The van der Waals surface area contributed by atoms with Gasteiger partial charge in [0, 0.05) is 110 Å². The molecule has 0 radical (unpaired) electrons. The highest BCUT2D eigenvalue weighted by atomic mass is 79.9. The number of aromatic nitrogens is 4. The lowest BCUT2D eigenvalue weighted by atomic mass is 9.81. The second kappa shape index (κ2) is 33.1. The van der Waals surface area contributed by atoms with E-state index >= 15 is 0 Å². The van der Waals surface area contributed by atoms with Crippen LogP contribution in [0.15, 0.2) is 359 Å². The molecule has 7 nitrogen and oxygen atoms in total. The van der Waals surface area contributed by atoms with Crippen LogP contribution >= 0.6 is 47.8 Å². The van der Waals surface area contributed by atoms with Crippen molar-refractivity contribution in [3.05, 3.63) is 426 Å². The zero-order valence-electron chi connectivity index (χ0n) is 69.7. The molecule has 0 fully saturated rings. The summed E-state index contributed by atoms with van der Waals surface area (Å²) >= 11 is 10.8. The molecule has 0 unspecified atom stereocenters. The number of halogens is 3. The fourth-order valence-electron chi connectivity index (χ4n) is 17.1. The van der Waals surface area contributed by atoms with E-state index in [1.165, 1.54) is 117 Å². The van der Waals surface area contributed by atoms with E-state index in [9.17, 15) is 0 Å². The first-order valence-electron chi connectivity index (χ1n) is 41.0. The zero-order chi connectivity index (χ0) is 83.3. The largest absolute Gasteiger partial charge is 0.356 e. The molecule has 20 rings (SSSR count).